The number of anilines is 1. The summed E-state index contributed by atoms with van der Waals surface area (Å²) < 4.78 is 5.57. The maximum atomic E-state index is 12.4. The van der Waals surface area contributed by atoms with Gasteiger partial charge >= 0.3 is 0 Å². The zero-order valence-corrected chi connectivity index (χ0v) is 14.7. The van der Waals surface area contributed by atoms with E-state index in [1.807, 2.05) is 48.5 Å². The largest absolute Gasteiger partial charge is 0.339 e. The number of para-hydroxylation sites is 1. The van der Waals surface area contributed by atoms with Gasteiger partial charge < -0.3 is 9.42 Å². The summed E-state index contributed by atoms with van der Waals surface area (Å²) in [6, 6.07) is 19.9. The van der Waals surface area contributed by atoms with Crippen molar-refractivity contribution in [1.29, 1.82) is 0 Å². The van der Waals surface area contributed by atoms with E-state index in [0.717, 1.165) is 12.1 Å². The van der Waals surface area contributed by atoms with Gasteiger partial charge in [0.25, 0.3) is 0 Å². The molecule has 2 aromatic carbocycles. The first-order valence-electron chi connectivity index (χ1n) is 9.00. The minimum Gasteiger partial charge on any atom is -0.339 e. The molecule has 0 aliphatic carbocycles. The van der Waals surface area contributed by atoms with Gasteiger partial charge in [-0.05, 0) is 24.1 Å². The Labute approximate surface area is 152 Å². The fourth-order valence-corrected chi connectivity index (χ4v) is 3.53. The van der Waals surface area contributed by atoms with Crippen molar-refractivity contribution >= 4 is 11.6 Å². The number of amides is 1. The van der Waals surface area contributed by atoms with Crippen LogP contribution in [0.5, 0.6) is 0 Å². The van der Waals surface area contributed by atoms with E-state index >= 15 is 0 Å². The van der Waals surface area contributed by atoms with Gasteiger partial charge in [-0.1, -0.05) is 60.6 Å². The molecule has 1 aliphatic heterocycles. The van der Waals surface area contributed by atoms with Crippen molar-refractivity contribution in [3.63, 3.8) is 0 Å². The zero-order chi connectivity index (χ0) is 17.9. The fraction of sp³-hybridized carbons (Fsp3) is 0.286. The highest BCUT2D eigenvalue weighted by Crippen LogP contribution is 2.32. The van der Waals surface area contributed by atoms with Crippen LogP contribution >= 0.6 is 0 Å². The summed E-state index contributed by atoms with van der Waals surface area (Å²) in [6.07, 6.45) is 1.29. The number of rotatable bonds is 5. The summed E-state index contributed by atoms with van der Waals surface area (Å²) in [4.78, 5) is 18.9. The molecule has 1 aliphatic rings. The molecule has 2 heterocycles. The number of aromatic nitrogens is 2. The smallest absolute Gasteiger partial charge is 0.234 e. The zero-order valence-electron chi connectivity index (χ0n) is 14.7. The average Bonchev–Trinajstić information content (AvgIpc) is 3.31. The first kappa shape index (κ1) is 16.5. The maximum Gasteiger partial charge on any atom is 0.234 e. The number of nitrogens with zero attached hydrogens (tertiary/aromatic N) is 3. The lowest BCUT2D eigenvalue weighted by molar-refractivity contribution is -0.117. The minimum atomic E-state index is -0.0338. The van der Waals surface area contributed by atoms with E-state index in [9.17, 15) is 4.79 Å². The number of hydrogen-bond acceptors (Lipinski definition) is 4. The molecule has 132 valence electrons. The second-order valence-corrected chi connectivity index (χ2v) is 6.60. The number of carbonyl (C=O) groups excluding carboxylic acids is 1. The first-order chi connectivity index (χ1) is 12.8. The second-order valence-electron chi connectivity index (χ2n) is 6.60. The Morgan fingerprint density at radius 1 is 1.12 bits per heavy atom. The number of benzene rings is 2. The quantitative estimate of drug-likeness (QED) is 0.696. The molecule has 5 heteroatoms. The number of carbonyl (C=O) groups is 1. The molecule has 0 radical (unpaired) electrons. The lowest BCUT2D eigenvalue weighted by Gasteiger charge is -2.15. The summed E-state index contributed by atoms with van der Waals surface area (Å²) in [6.45, 7) is 2.70. The van der Waals surface area contributed by atoms with Crippen LogP contribution in [0.1, 0.15) is 48.9 Å². The molecule has 1 saturated heterocycles. The van der Waals surface area contributed by atoms with Gasteiger partial charge in [0.05, 0.1) is 5.92 Å². The van der Waals surface area contributed by atoms with Crippen molar-refractivity contribution in [2.45, 2.75) is 31.6 Å². The van der Waals surface area contributed by atoms with Crippen molar-refractivity contribution in [2.75, 3.05) is 11.4 Å². The Morgan fingerprint density at radius 2 is 1.81 bits per heavy atom. The molecular formula is C21H21N3O2. The van der Waals surface area contributed by atoms with E-state index < -0.39 is 0 Å². The summed E-state index contributed by atoms with van der Waals surface area (Å²) >= 11 is 0. The molecule has 0 saturated carbocycles. The van der Waals surface area contributed by atoms with E-state index in [-0.39, 0.29) is 17.7 Å². The van der Waals surface area contributed by atoms with Crippen LogP contribution in [0.25, 0.3) is 0 Å². The number of hydrogen-bond donors (Lipinski definition) is 0. The van der Waals surface area contributed by atoms with E-state index in [0.29, 0.717) is 24.7 Å². The van der Waals surface area contributed by atoms with Crippen molar-refractivity contribution in [3.05, 3.63) is 77.9 Å². The fourth-order valence-electron chi connectivity index (χ4n) is 3.53. The van der Waals surface area contributed by atoms with Crippen LogP contribution in [0, 0.1) is 0 Å². The molecule has 26 heavy (non-hydrogen) atoms. The van der Waals surface area contributed by atoms with Crippen molar-refractivity contribution in [3.8, 4) is 0 Å². The summed E-state index contributed by atoms with van der Waals surface area (Å²) in [5, 5.41) is 4.19. The van der Waals surface area contributed by atoms with E-state index in [4.69, 9.17) is 4.52 Å². The van der Waals surface area contributed by atoms with Crippen molar-refractivity contribution in [2.24, 2.45) is 0 Å². The third-order valence-corrected chi connectivity index (χ3v) is 4.92. The molecule has 0 spiro atoms. The lowest BCUT2D eigenvalue weighted by Crippen LogP contribution is -2.24. The molecular weight excluding hydrogens is 326 g/mol. The standard InChI is InChI=1S/C21H21N3O2/c1-2-18(15-9-5-3-6-10-15)21-22-20(23-26-21)16-13-19(25)24(14-16)17-11-7-4-8-12-17/h3-12,16,18H,2,13-14H2,1H3/t16-,18-/m1/s1. The minimum absolute atomic E-state index is 0.0338. The molecule has 1 amide bonds. The van der Waals surface area contributed by atoms with Gasteiger partial charge in [0.2, 0.25) is 11.8 Å². The molecule has 0 unspecified atom stereocenters. The summed E-state index contributed by atoms with van der Waals surface area (Å²) in [5.41, 5.74) is 2.08. The van der Waals surface area contributed by atoms with E-state index in [2.05, 4.69) is 29.2 Å². The van der Waals surface area contributed by atoms with Crippen LogP contribution in [-0.4, -0.2) is 22.6 Å². The van der Waals surface area contributed by atoms with E-state index in [1.54, 1.807) is 4.90 Å². The molecule has 1 fully saturated rings. The Morgan fingerprint density at radius 3 is 2.50 bits per heavy atom. The summed E-state index contributed by atoms with van der Waals surface area (Å²) in [5.74, 6) is 1.40. The molecule has 2 atom stereocenters. The topological polar surface area (TPSA) is 59.2 Å². The van der Waals surface area contributed by atoms with Gasteiger partial charge in [-0.15, -0.1) is 0 Å². The van der Waals surface area contributed by atoms with Gasteiger partial charge in [-0.3, -0.25) is 4.79 Å². The first-order valence-corrected chi connectivity index (χ1v) is 9.00. The van der Waals surface area contributed by atoms with Gasteiger partial charge in [-0.2, -0.15) is 4.98 Å². The highest BCUT2D eigenvalue weighted by atomic mass is 16.5. The Balaban J connectivity index is 1.54. The summed E-state index contributed by atoms with van der Waals surface area (Å²) in [7, 11) is 0. The second kappa shape index (κ2) is 7.12. The molecule has 0 N–H and O–H groups in total. The van der Waals surface area contributed by atoms with Gasteiger partial charge in [0, 0.05) is 24.6 Å². The van der Waals surface area contributed by atoms with Gasteiger partial charge in [0.15, 0.2) is 5.82 Å². The van der Waals surface area contributed by atoms with Crippen LogP contribution in [-0.2, 0) is 4.79 Å². The predicted octanol–water partition coefficient (Wildman–Crippen LogP) is 4.13. The van der Waals surface area contributed by atoms with Crippen LogP contribution in [0.15, 0.2) is 65.2 Å². The third kappa shape index (κ3) is 3.12. The third-order valence-electron chi connectivity index (χ3n) is 4.92. The maximum absolute atomic E-state index is 12.4. The SMILES string of the molecule is CC[C@H](c1ccccc1)c1nc([C@@H]2CC(=O)N(c3ccccc3)C2)no1. The Kier molecular flexibility index (Phi) is 4.52. The Hall–Kier alpha value is -2.95. The molecule has 0 bridgehead atoms. The highest BCUT2D eigenvalue weighted by Gasteiger charge is 2.35. The highest BCUT2D eigenvalue weighted by molar-refractivity contribution is 5.96. The molecule has 4 rings (SSSR count). The van der Waals surface area contributed by atoms with Crippen LogP contribution in [0.3, 0.4) is 0 Å². The lowest BCUT2D eigenvalue weighted by atomic mass is 9.96. The molecule has 5 nitrogen and oxygen atoms in total. The Bertz CT molecular complexity index is 877. The van der Waals surface area contributed by atoms with E-state index in [1.165, 1.54) is 5.56 Å². The van der Waals surface area contributed by atoms with Gasteiger partial charge in [0.1, 0.15) is 0 Å². The molecule has 3 aromatic rings. The predicted molar refractivity (Wildman–Crippen MR) is 99.0 cm³/mol. The van der Waals surface area contributed by atoms with Gasteiger partial charge in [-0.25, -0.2) is 0 Å². The normalized spacial score (nSPS) is 18.3. The van der Waals surface area contributed by atoms with Crippen molar-refractivity contribution < 1.29 is 9.32 Å². The average molecular weight is 347 g/mol. The van der Waals surface area contributed by atoms with Crippen LogP contribution in [0.2, 0.25) is 0 Å². The monoisotopic (exact) mass is 347 g/mol. The molecule has 1 aromatic heterocycles. The van der Waals surface area contributed by atoms with Crippen LogP contribution < -0.4 is 4.90 Å². The van der Waals surface area contributed by atoms with Crippen molar-refractivity contribution in [1.82, 2.24) is 10.1 Å². The van der Waals surface area contributed by atoms with Crippen LogP contribution in [0.4, 0.5) is 5.69 Å².